The number of aromatic nitrogens is 2. The molecule has 2 fully saturated rings. The van der Waals surface area contributed by atoms with Gasteiger partial charge in [-0.15, -0.1) is 0 Å². The number of fused-ring (bicyclic) bond motifs is 2. The highest BCUT2D eigenvalue weighted by molar-refractivity contribution is 5.95. The summed E-state index contributed by atoms with van der Waals surface area (Å²) >= 11 is 0. The number of rotatable bonds is 3. The highest BCUT2D eigenvalue weighted by Crippen LogP contribution is 2.52. The summed E-state index contributed by atoms with van der Waals surface area (Å²) in [6, 6.07) is 14.0. The van der Waals surface area contributed by atoms with Crippen molar-refractivity contribution >= 4 is 11.9 Å². The standard InChI is InChI=1S/C25H21N3O3/c29-22-20-15-27-12-7-21(20)25(31-22)10-13-28(16-25)23(30)24(8-9-24)19-5-3-17(4-6-19)18-2-1-11-26-14-18/h1-7,11-12,14-15H,8-10,13,16H2/t25-/m0/s1. The second-order valence-corrected chi connectivity index (χ2v) is 8.68. The van der Waals surface area contributed by atoms with Crippen LogP contribution in [0.15, 0.2) is 67.3 Å². The van der Waals surface area contributed by atoms with E-state index in [9.17, 15) is 9.59 Å². The van der Waals surface area contributed by atoms with E-state index in [2.05, 4.69) is 34.2 Å². The molecule has 1 saturated heterocycles. The first-order chi connectivity index (χ1) is 15.1. The zero-order valence-electron chi connectivity index (χ0n) is 17.0. The molecular weight excluding hydrogens is 390 g/mol. The van der Waals surface area contributed by atoms with E-state index in [-0.39, 0.29) is 11.9 Å². The van der Waals surface area contributed by atoms with Crippen LogP contribution in [0.25, 0.3) is 11.1 Å². The number of carbonyl (C=O) groups is 2. The van der Waals surface area contributed by atoms with Gasteiger partial charge in [0.1, 0.15) is 0 Å². The molecule has 2 aromatic heterocycles. The third-order valence-corrected chi connectivity index (χ3v) is 6.93. The molecule has 0 unspecified atom stereocenters. The molecule has 31 heavy (non-hydrogen) atoms. The zero-order valence-corrected chi connectivity index (χ0v) is 17.0. The molecule has 2 aliphatic heterocycles. The van der Waals surface area contributed by atoms with Crippen molar-refractivity contribution in [3.05, 3.63) is 83.9 Å². The fourth-order valence-electron chi connectivity index (χ4n) is 5.07. The number of amides is 1. The van der Waals surface area contributed by atoms with E-state index >= 15 is 0 Å². The second kappa shape index (κ2) is 6.48. The first-order valence-corrected chi connectivity index (χ1v) is 10.6. The second-order valence-electron chi connectivity index (χ2n) is 8.68. The summed E-state index contributed by atoms with van der Waals surface area (Å²) < 4.78 is 5.79. The van der Waals surface area contributed by atoms with Crippen LogP contribution in [0.1, 0.15) is 40.7 Å². The Labute approximate surface area is 179 Å². The van der Waals surface area contributed by atoms with Gasteiger partial charge in [-0.3, -0.25) is 14.8 Å². The quantitative estimate of drug-likeness (QED) is 0.617. The van der Waals surface area contributed by atoms with Gasteiger partial charge in [0.2, 0.25) is 5.91 Å². The minimum absolute atomic E-state index is 0.136. The largest absolute Gasteiger partial charge is 0.449 e. The van der Waals surface area contributed by atoms with E-state index in [1.165, 1.54) is 0 Å². The highest BCUT2D eigenvalue weighted by atomic mass is 16.6. The predicted molar refractivity (Wildman–Crippen MR) is 113 cm³/mol. The van der Waals surface area contributed by atoms with Crippen LogP contribution in [0.2, 0.25) is 0 Å². The molecule has 6 heteroatoms. The Morgan fingerprint density at radius 2 is 1.74 bits per heavy atom. The van der Waals surface area contributed by atoms with Crippen molar-refractivity contribution in [1.82, 2.24) is 14.9 Å². The topological polar surface area (TPSA) is 72.4 Å². The van der Waals surface area contributed by atoms with E-state index in [0.29, 0.717) is 25.1 Å². The smallest absolute Gasteiger partial charge is 0.341 e. The Bertz CT molecular complexity index is 1190. The Balaban J connectivity index is 1.25. The van der Waals surface area contributed by atoms with E-state index < -0.39 is 11.0 Å². The van der Waals surface area contributed by atoms with E-state index in [1.54, 1.807) is 18.6 Å². The van der Waals surface area contributed by atoms with Gasteiger partial charge in [-0.1, -0.05) is 30.3 Å². The van der Waals surface area contributed by atoms with Crippen molar-refractivity contribution in [2.45, 2.75) is 30.3 Å². The normalized spacial score (nSPS) is 23.0. The Hall–Kier alpha value is -3.54. The van der Waals surface area contributed by atoms with Gasteiger partial charge in [-0.05, 0) is 41.7 Å². The molecule has 1 aliphatic carbocycles. The third kappa shape index (κ3) is 2.71. The zero-order chi connectivity index (χ0) is 21.1. The van der Waals surface area contributed by atoms with Gasteiger partial charge in [0, 0.05) is 43.3 Å². The molecular formula is C25H21N3O3. The predicted octanol–water partition coefficient (Wildman–Crippen LogP) is 3.47. The first-order valence-electron chi connectivity index (χ1n) is 10.6. The van der Waals surface area contributed by atoms with Crippen molar-refractivity contribution in [2.24, 2.45) is 0 Å². The Kier molecular flexibility index (Phi) is 3.81. The Morgan fingerprint density at radius 1 is 0.935 bits per heavy atom. The van der Waals surface area contributed by atoms with Crippen LogP contribution in [-0.4, -0.2) is 39.8 Å². The summed E-state index contributed by atoms with van der Waals surface area (Å²) in [7, 11) is 0. The summed E-state index contributed by atoms with van der Waals surface area (Å²) in [5.74, 6) is -0.207. The highest BCUT2D eigenvalue weighted by Gasteiger charge is 2.57. The summed E-state index contributed by atoms with van der Waals surface area (Å²) in [5.41, 5.74) is 3.39. The molecule has 1 atom stereocenters. The number of likely N-dealkylation sites (tertiary alicyclic amines) is 1. The lowest BCUT2D eigenvalue weighted by Crippen LogP contribution is -2.40. The maximum Gasteiger partial charge on any atom is 0.341 e. The van der Waals surface area contributed by atoms with E-state index in [1.807, 2.05) is 29.3 Å². The van der Waals surface area contributed by atoms with Gasteiger partial charge in [-0.25, -0.2) is 4.79 Å². The molecule has 3 aliphatic rings. The lowest BCUT2D eigenvalue weighted by atomic mass is 9.91. The van der Waals surface area contributed by atoms with Gasteiger partial charge >= 0.3 is 5.97 Å². The number of hydrogen-bond donors (Lipinski definition) is 0. The molecule has 1 spiro atoms. The third-order valence-electron chi connectivity index (χ3n) is 6.93. The fourth-order valence-corrected chi connectivity index (χ4v) is 5.07. The molecule has 0 N–H and O–H groups in total. The Morgan fingerprint density at radius 3 is 2.48 bits per heavy atom. The number of esters is 1. The number of ether oxygens (including phenoxy) is 1. The summed E-state index contributed by atoms with van der Waals surface area (Å²) in [4.78, 5) is 36.0. The van der Waals surface area contributed by atoms with Crippen molar-refractivity contribution in [1.29, 1.82) is 0 Å². The van der Waals surface area contributed by atoms with Crippen LogP contribution in [0.3, 0.4) is 0 Å². The number of pyridine rings is 2. The van der Waals surface area contributed by atoms with Crippen molar-refractivity contribution in [3.8, 4) is 11.1 Å². The summed E-state index contributed by atoms with van der Waals surface area (Å²) in [6.45, 7) is 0.994. The molecule has 1 aromatic carbocycles. The van der Waals surface area contributed by atoms with Crippen LogP contribution in [-0.2, 0) is 20.5 Å². The van der Waals surface area contributed by atoms with Crippen molar-refractivity contribution in [2.75, 3.05) is 13.1 Å². The van der Waals surface area contributed by atoms with Gasteiger partial charge < -0.3 is 9.64 Å². The van der Waals surface area contributed by atoms with E-state index in [4.69, 9.17) is 4.74 Å². The molecule has 1 saturated carbocycles. The maximum absolute atomic E-state index is 13.6. The molecule has 6 nitrogen and oxygen atoms in total. The van der Waals surface area contributed by atoms with Crippen LogP contribution in [0.4, 0.5) is 0 Å². The SMILES string of the molecule is O=C1O[C@]2(CCN(C(=O)C3(c4ccc(-c5cccnc5)cc4)CC3)C2)c2ccncc21. The molecule has 154 valence electrons. The summed E-state index contributed by atoms with van der Waals surface area (Å²) in [6.07, 6.45) is 9.16. The minimum atomic E-state index is -0.731. The minimum Gasteiger partial charge on any atom is -0.449 e. The molecule has 0 radical (unpaired) electrons. The van der Waals surface area contributed by atoms with Crippen LogP contribution in [0, 0.1) is 0 Å². The van der Waals surface area contributed by atoms with Gasteiger partial charge in [-0.2, -0.15) is 0 Å². The van der Waals surface area contributed by atoms with Crippen molar-refractivity contribution < 1.29 is 14.3 Å². The summed E-state index contributed by atoms with van der Waals surface area (Å²) in [5, 5.41) is 0. The fraction of sp³-hybridized carbons (Fsp3) is 0.280. The average molecular weight is 411 g/mol. The van der Waals surface area contributed by atoms with Crippen LogP contribution in [0.5, 0.6) is 0 Å². The maximum atomic E-state index is 13.6. The molecule has 4 heterocycles. The molecule has 1 amide bonds. The average Bonchev–Trinajstić information content (AvgIpc) is 3.46. The number of benzene rings is 1. The lowest BCUT2D eigenvalue weighted by Gasteiger charge is -2.27. The number of hydrogen-bond acceptors (Lipinski definition) is 5. The number of carbonyl (C=O) groups excluding carboxylic acids is 2. The molecule has 6 rings (SSSR count). The van der Waals surface area contributed by atoms with Gasteiger partial charge in [0.25, 0.3) is 0 Å². The van der Waals surface area contributed by atoms with Gasteiger partial charge in [0.15, 0.2) is 5.60 Å². The number of nitrogens with zero attached hydrogens (tertiary/aromatic N) is 3. The first kappa shape index (κ1) is 18.2. The lowest BCUT2D eigenvalue weighted by molar-refractivity contribution is -0.134. The monoisotopic (exact) mass is 411 g/mol. The molecule has 3 aromatic rings. The van der Waals surface area contributed by atoms with E-state index in [0.717, 1.165) is 35.1 Å². The van der Waals surface area contributed by atoms with Crippen LogP contribution < -0.4 is 0 Å². The molecule has 0 bridgehead atoms. The van der Waals surface area contributed by atoms with Gasteiger partial charge in [0.05, 0.1) is 17.5 Å². The van der Waals surface area contributed by atoms with Crippen molar-refractivity contribution in [3.63, 3.8) is 0 Å². The van der Waals surface area contributed by atoms with Crippen LogP contribution >= 0.6 is 0 Å².